The number of nitrogens with zero attached hydrogens (tertiary/aromatic N) is 2. The Morgan fingerprint density at radius 1 is 0.805 bits per heavy atom. The first-order valence-electron chi connectivity index (χ1n) is 11.0. The number of rotatable bonds is 2. The number of nitriles is 2. The lowest BCUT2D eigenvalue weighted by molar-refractivity contribution is 0.508. The van der Waals surface area contributed by atoms with Crippen LogP contribution in [0.2, 0.25) is 0 Å². The van der Waals surface area contributed by atoms with Crippen LogP contribution in [-0.2, 0) is 10.0 Å². The van der Waals surface area contributed by atoms with Gasteiger partial charge in [-0.3, -0.25) is 0 Å². The van der Waals surface area contributed by atoms with Gasteiger partial charge in [0.25, 0.3) is 0 Å². The Morgan fingerprint density at radius 3 is 1.78 bits per heavy atom. The van der Waals surface area contributed by atoms with Crippen LogP contribution < -0.4 is 5.14 Å². The van der Waals surface area contributed by atoms with Gasteiger partial charge in [0.05, 0.1) is 22.6 Å². The number of aryl methyl sites for hydroxylation is 1. The van der Waals surface area contributed by atoms with Gasteiger partial charge in [-0.25, -0.2) is 22.3 Å². The summed E-state index contributed by atoms with van der Waals surface area (Å²) in [6.07, 6.45) is 1.68. The maximum absolute atomic E-state index is 12.2. The maximum atomic E-state index is 12.2. The number of fused-ring (bicyclic) bond motifs is 1. The lowest BCUT2D eigenvalue weighted by Crippen LogP contribution is -2.11. The van der Waals surface area contributed by atoms with Crippen molar-refractivity contribution in [2.45, 2.75) is 61.3 Å². The third-order valence-corrected chi connectivity index (χ3v) is 5.89. The molecule has 5 nitrogen and oxygen atoms in total. The second-order valence-corrected chi connectivity index (χ2v) is 9.98. The van der Waals surface area contributed by atoms with Crippen molar-refractivity contribution in [1.82, 2.24) is 0 Å². The van der Waals surface area contributed by atoms with E-state index in [0.29, 0.717) is 16.5 Å². The maximum Gasteiger partial charge on any atom is 0.238 e. The number of sulfonamides is 1. The van der Waals surface area contributed by atoms with Crippen LogP contribution in [0.15, 0.2) is 94.3 Å². The minimum Gasteiger partial charge on any atom is -0.225 e. The van der Waals surface area contributed by atoms with Crippen molar-refractivity contribution in [1.29, 1.82) is 10.5 Å². The van der Waals surface area contributed by atoms with E-state index in [1.807, 2.05) is 62.4 Å². The number of unbranched alkanes of at least 4 members (excludes halogenated alkanes) is 1. The van der Waals surface area contributed by atoms with Gasteiger partial charge in [0.2, 0.25) is 10.0 Å². The molecule has 4 aromatic carbocycles. The number of halogens is 3. The quantitative estimate of drug-likeness (QED) is 0.218. The lowest BCUT2D eigenvalue weighted by Gasteiger charge is -1.96. The molecule has 4 rings (SSSR count). The summed E-state index contributed by atoms with van der Waals surface area (Å²) >= 11 is 2.99. The normalized spacial score (nSPS) is 8.78. The lowest BCUT2D eigenvalue weighted by atomic mass is 10.1. The Balaban J connectivity index is -0.000000223. The van der Waals surface area contributed by atoms with Gasteiger partial charge in [0.1, 0.15) is 0 Å². The smallest absolute Gasteiger partial charge is 0.225 e. The zero-order chi connectivity index (χ0) is 27.8. The Hall–Kier alpha value is -3.63. The first-order valence-corrected chi connectivity index (χ1v) is 13.3. The van der Waals surface area contributed by atoms with Crippen molar-refractivity contribution >= 4 is 36.7 Å². The Morgan fingerprint density at radius 2 is 1.37 bits per heavy atom. The molecule has 0 bridgehead atoms. The van der Waals surface area contributed by atoms with E-state index in [1.165, 1.54) is 23.6 Å². The molecule has 0 saturated heterocycles. The summed E-state index contributed by atoms with van der Waals surface area (Å²) in [5.74, 6) is -1.65. The summed E-state index contributed by atoms with van der Waals surface area (Å²) in [4.78, 5) is 0.156. The Labute approximate surface area is 254 Å². The van der Waals surface area contributed by atoms with E-state index >= 15 is 0 Å². The summed E-state index contributed by atoms with van der Waals surface area (Å²) in [6.45, 7) is 3.87. The molecule has 0 saturated carbocycles. The predicted molar refractivity (Wildman–Crippen MR) is 173 cm³/mol. The first kappa shape index (κ1) is 44.4. The minimum absolute atomic E-state index is 0. The Kier molecular flexibility index (Phi) is 25.0. The zero-order valence-corrected chi connectivity index (χ0v) is 22.7. The van der Waals surface area contributed by atoms with Crippen molar-refractivity contribution in [2.75, 3.05) is 0 Å². The van der Waals surface area contributed by atoms with Gasteiger partial charge in [-0.1, -0.05) is 101 Å². The third-order valence-electron chi connectivity index (χ3n) is 4.47. The van der Waals surface area contributed by atoms with Gasteiger partial charge in [0, 0.05) is 10.9 Å². The monoisotopic (exact) mass is 649 g/mol. The molecule has 0 atom stereocenters. The van der Waals surface area contributed by atoms with E-state index in [9.17, 15) is 17.2 Å². The zero-order valence-electron chi connectivity index (χ0n) is 20.3. The summed E-state index contributed by atoms with van der Waals surface area (Å²) in [6, 6.07) is 27.8. The molecule has 0 fully saturated rings. The van der Waals surface area contributed by atoms with Gasteiger partial charge < -0.3 is 0 Å². The summed E-state index contributed by atoms with van der Waals surface area (Å²) < 4.78 is 46.3. The molecule has 224 valence electrons. The van der Waals surface area contributed by atoms with Crippen molar-refractivity contribution < 1.29 is 17.2 Å². The molecule has 0 aliphatic carbocycles. The molecule has 4 aromatic rings. The highest BCUT2D eigenvalue weighted by atomic mass is 79.9. The molecule has 0 unspecified atom stereocenters. The fraction of sp³-hybridized carbons (Fsp3) is 0.250. The average molecular weight is 651 g/mol. The van der Waals surface area contributed by atoms with E-state index in [0.717, 1.165) is 29.5 Å². The van der Waals surface area contributed by atoms with Crippen LogP contribution >= 0.6 is 15.9 Å². The van der Waals surface area contributed by atoms with E-state index in [2.05, 4.69) is 22.0 Å². The number of hydrogen-bond acceptors (Lipinski definition) is 4. The van der Waals surface area contributed by atoms with Gasteiger partial charge in [0.15, 0.2) is 11.6 Å². The highest BCUT2D eigenvalue weighted by molar-refractivity contribution is 9.10. The van der Waals surface area contributed by atoms with E-state index in [-0.39, 0.29) is 34.6 Å². The summed E-state index contributed by atoms with van der Waals surface area (Å²) in [5, 5.41) is 23.6. The van der Waals surface area contributed by atoms with Gasteiger partial charge >= 0.3 is 0 Å². The second kappa shape index (κ2) is 23.1. The topological polar surface area (TPSA) is 108 Å². The highest BCUT2D eigenvalue weighted by Gasteiger charge is 2.04. The predicted octanol–water partition coefficient (Wildman–Crippen LogP) is 9.94. The van der Waals surface area contributed by atoms with E-state index < -0.39 is 21.7 Å². The fourth-order valence-electron chi connectivity index (χ4n) is 2.57. The fourth-order valence-corrected chi connectivity index (χ4v) is 3.42. The number of hydrogen-bond donors (Lipinski definition) is 1. The molecular formula is C32H42BrF2N3O2S. The number of nitrogens with two attached hydrogens (primary N) is 1. The van der Waals surface area contributed by atoms with Crippen LogP contribution in [0, 0.1) is 41.2 Å². The van der Waals surface area contributed by atoms with E-state index in [4.69, 9.17) is 15.7 Å². The largest absolute Gasteiger partial charge is 0.238 e. The third kappa shape index (κ3) is 17.6. The molecule has 0 aliphatic heterocycles. The second-order valence-electron chi connectivity index (χ2n) is 7.50. The summed E-state index contributed by atoms with van der Waals surface area (Å²) in [5.41, 5.74) is 1.73. The van der Waals surface area contributed by atoms with Crippen LogP contribution in [0.3, 0.4) is 0 Å². The van der Waals surface area contributed by atoms with E-state index in [1.54, 1.807) is 12.1 Å². The molecule has 9 heteroatoms. The molecule has 0 aliphatic rings. The molecule has 2 N–H and O–H groups in total. The molecule has 0 aromatic heterocycles. The Bertz CT molecular complexity index is 1480. The van der Waals surface area contributed by atoms with Gasteiger partial charge in [-0.05, 0) is 66.6 Å². The van der Waals surface area contributed by atoms with Crippen molar-refractivity contribution in [2.24, 2.45) is 5.14 Å². The summed E-state index contributed by atoms with van der Waals surface area (Å²) in [7, 11) is -3.52. The van der Waals surface area contributed by atoms with Crippen LogP contribution in [0.25, 0.3) is 10.8 Å². The first-order chi connectivity index (χ1) is 17.5. The van der Waals surface area contributed by atoms with Crippen LogP contribution in [0.4, 0.5) is 8.78 Å². The average Bonchev–Trinajstić information content (AvgIpc) is 2.87. The minimum atomic E-state index is -3.52. The standard InChI is InChI=1S/C11H7N.C7H9NO2S.C6H3BrF2.C4H7N.4CH4/c12-8-9-5-6-10-3-1-2-4-11(10)7-9;1-6-2-4-7(5-3-6)11(8,9)10;7-4-1-2-5(8)6(9)3-4;1-2-3-4-5;;;;/h1-7H;2-5H,1H3,(H2,8,9,10);1-3H;2-3H2,1H3;4*1H4. The number of primary sulfonamides is 1. The van der Waals surface area contributed by atoms with Gasteiger partial charge in [-0.2, -0.15) is 10.5 Å². The van der Waals surface area contributed by atoms with Crippen LogP contribution in [0.5, 0.6) is 0 Å². The van der Waals surface area contributed by atoms with Crippen molar-refractivity contribution in [3.05, 3.63) is 112 Å². The molecule has 0 spiro atoms. The molecule has 41 heavy (non-hydrogen) atoms. The van der Waals surface area contributed by atoms with Crippen LogP contribution in [0.1, 0.15) is 60.6 Å². The van der Waals surface area contributed by atoms with Crippen molar-refractivity contribution in [3.8, 4) is 12.1 Å². The SMILES string of the molecule is C.C.C.C.CCCC#N.Cc1ccc(S(N)(=O)=O)cc1.Fc1ccc(Br)cc1F.N#Cc1ccc2ccccc2c1. The molecular weight excluding hydrogens is 608 g/mol. The van der Waals surface area contributed by atoms with Gasteiger partial charge in [-0.15, -0.1) is 0 Å². The highest BCUT2D eigenvalue weighted by Crippen LogP contribution is 2.15. The molecule has 0 amide bonds. The van der Waals surface area contributed by atoms with Crippen LogP contribution in [-0.4, -0.2) is 8.42 Å². The number of benzene rings is 4. The molecule has 0 radical (unpaired) electrons. The molecule has 0 heterocycles. The van der Waals surface area contributed by atoms with Crippen molar-refractivity contribution in [3.63, 3.8) is 0 Å².